The van der Waals surface area contributed by atoms with Crippen LogP contribution in [0, 0.1) is 15.5 Å². The van der Waals surface area contributed by atoms with Crippen molar-refractivity contribution in [2.24, 2.45) is 5.41 Å². The molecule has 0 amide bonds. The number of allylic oxidation sites excluding steroid dienone is 3. The molecule has 0 radical (unpaired) electrons. The molecule has 3 aliphatic heterocycles. The zero-order valence-corrected chi connectivity index (χ0v) is 31.8. The van der Waals surface area contributed by atoms with E-state index < -0.39 is 24.4 Å². The van der Waals surface area contributed by atoms with Crippen LogP contribution in [-0.4, -0.2) is 86.5 Å². The topological polar surface area (TPSA) is 124 Å². The third-order valence-corrected chi connectivity index (χ3v) is 12.1. The van der Waals surface area contributed by atoms with E-state index in [0.717, 1.165) is 24.3 Å². The van der Waals surface area contributed by atoms with Crippen molar-refractivity contribution in [3.05, 3.63) is 128 Å². The number of hydrogen-bond donors (Lipinski definition) is 0. The van der Waals surface area contributed by atoms with Gasteiger partial charge in [0.25, 0.3) is 5.69 Å². The molecule has 0 aromatic heterocycles. The molecule has 0 aliphatic carbocycles. The summed E-state index contributed by atoms with van der Waals surface area (Å²) in [7, 11) is -4.02. The summed E-state index contributed by atoms with van der Waals surface area (Å²) in [6.45, 7) is 13.1. The molecule has 1 unspecified atom stereocenters. The molecule has 3 aliphatic rings. The highest BCUT2D eigenvalue weighted by molar-refractivity contribution is 7.58. The van der Waals surface area contributed by atoms with Crippen molar-refractivity contribution in [1.29, 1.82) is 0 Å². The van der Waals surface area contributed by atoms with E-state index in [0.29, 0.717) is 61.7 Å². The summed E-state index contributed by atoms with van der Waals surface area (Å²) in [6, 6.07) is 26.1. The van der Waals surface area contributed by atoms with Crippen LogP contribution in [0.15, 0.2) is 107 Å². The van der Waals surface area contributed by atoms with Crippen LogP contribution in [0.1, 0.15) is 44.7 Å². The van der Waals surface area contributed by atoms with Gasteiger partial charge in [-0.05, 0) is 37.1 Å². The molecule has 3 aromatic carbocycles. The minimum absolute atomic E-state index is 0.0592. The number of nitro groups is 1. The standard InChI is InChI=1S/C40H49N4O8P/c1-30-36(39(45)50-25-22-42(34-15-9-6-10-16-34)27-32-12-7-5-8-13-32)37(33-14-11-17-35(26-33)44(46)47)38(53(48)51-28-40(3,4)29-52-53)31(2)43(30)19-18-41-20-23-49-24-21-41/h5-17,26,37H,18-25,27-29H2,1-4H3. The average molecular weight is 745 g/mol. The number of anilines is 1. The first-order chi connectivity index (χ1) is 25.5. The van der Waals surface area contributed by atoms with Crippen LogP contribution in [0.5, 0.6) is 0 Å². The second kappa shape index (κ2) is 16.8. The lowest BCUT2D eigenvalue weighted by Gasteiger charge is -2.43. The first kappa shape index (κ1) is 38.4. The number of carbonyl (C=O) groups is 1. The minimum atomic E-state index is -4.02. The van der Waals surface area contributed by atoms with E-state index in [2.05, 4.69) is 21.9 Å². The Bertz CT molecular complexity index is 1860. The fourth-order valence-electron chi connectivity index (χ4n) is 7.06. The molecule has 0 saturated carbocycles. The molecule has 0 spiro atoms. The van der Waals surface area contributed by atoms with E-state index in [-0.39, 0.29) is 36.5 Å². The molecule has 282 valence electrons. The van der Waals surface area contributed by atoms with Crippen molar-refractivity contribution < 1.29 is 32.8 Å². The Hall–Kier alpha value is -4.32. The number of carbonyl (C=O) groups excluding carboxylic acids is 1. The Morgan fingerprint density at radius 1 is 0.943 bits per heavy atom. The number of hydrogen-bond acceptors (Lipinski definition) is 11. The fourth-order valence-corrected chi connectivity index (χ4v) is 9.56. The van der Waals surface area contributed by atoms with E-state index in [1.54, 1.807) is 12.1 Å². The lowest BCUT2D eigenvalue weighted by atomic mass is 9.85. The van der Waals surface area contributed by atoms with Gasteiger partial charge in [0.2, 0.25) is 0 Å². The van der Waals surface area contributed by atoms with Crippen molar-refractivity contribution in [2.75, 3.05) is 70.7 Å². The van der Waals surface area contributed by atoms with Gasteiger partial charge in [0.15, 0.2) is 0 Å². The molecule has 1 atom stereocenters. The van der Waals surface area contributed by atoms with E-state index in [4.69, 9.17) is 18.5 Å². The summed E-state index contributed by atoms with van der Waals surface area (Å²) in [5.74, 6) is -1.58. The first-order valence-electron chi connectivity index (χ1n) is 18.1. The average Bonchev–Trinajstić information content (AvgIpc) is 3.16. The van der Waals surface area contributed by atoms with Gasteiger partial charge in [-0.15, -0.1) is 0 Å². The Kier molecular flexibility index (Phi) is 12.2. The van der Waals surface area contributed by atoms with Crippen molar-refractivity contribution >= 4 is 24.9 Å². The quantitative estimate of drug-likeness (QED) is 0.0756. The Morgan fingerprint density at radius 2 is 1.60 bits per heavy atom. The van der Waals surface area contributed by atoms with Gasteiger partial charge in [0.05, 0.1) is 54.7 Å². The molecule has 0 bridgehead atoms. The monoisotopic (exact) mass is 744 g/mol. The lowest BCUT2D eigenvalue weighted by molar-refractivity contribution is -0.384. The van der Waals surface area contributed by atoms with Crippen molar-refractivity contribution in [3.8, 4) is 0 Å². The number of benzene rings is 3. The Balaban J connectivity index is 1.37. The number of rotatable bonds is 13. The molecule has 2 fully saturated rings. The van der Waals surface area contributed by atoms with E-state index in [1.807, 2.05) is 81.1 Å². The maximum atomic E-state index is 15.0. The molecule has 3 heterocycles. The second-order valence-electron chi connectivity index (χ2n) is 14.4. The van der Waals surface area contributed by atoms with Gasteiger partial charge >= 0.3 is 13.6 Å². The van der Waals surface area contributed by atoms with Gasteiger partial charge in [-0.2, -0.15) is 0 Å². The molecule has 12 nitrogen and oxygen atoms in total. The molecular weight excluding hydrogens is 695 g/mol. The minimum Gasteiger partial charge on any atom is -0.460 e. The number of para-hydroxylation sites is 1. The smallest absolute Gasteiger partial charge is 0.360 e. The number of esters is 1. The predicted octanol–water partition coefficient (Wildman–Crippen LogP) is 7.35. The summed E-state index contributed by atoms with van der Waals surface area (Å²) in [6.07, 6.45) is 0. The van der Waals surface area contributed by atoms with Crippen LogP contribution in [-0.2, 0) is 34.4 Å². The largest absolute Gasteiger partial charge is 0.460 e. The Labute approximate surface area is 311 Å². The van der Waals surface area contributed by atoms with Crippen molar-refractivity contribution in [1.82, 2.24) is 9.80 Å². The van der Waals surface area contributed by atoms with Gasteiger partial charge in [-0.1, -0.05) is 74.5 Å². The van der Waals surface area contributed by atoms with Gasteiger partial charge in [-0.25, -0.2) is 4.79 Å². The van der Waals surface area contributed by atoms with Crippen LogP contribution in [0.2, 0.25) is 0 Å². The summed E-state index contributed by atoms with van der Waals surface area (Å²) in [5, 5.41) is 12.3. The summed E-state index contributed by atoms with van der Waals surface area (Å²) in [4.78, 5) is 32.6. The Morgan fingerprint density at radius 3 is 2.26 bits per heavy atom. The highest BCUT2D eigenvalue weighted by Gasteiger charge is 2.49. The SMILES string of the molecule is CC1=C(C(=O)OCCN(Cc2ccccc2)c2ccccc2)C(c2cccc([N+](=O)[O-])c2)C(P2(=O)OCC(C)(C)CO2)=C(C)N1CCN1CCOCC1. The maximum absolute atomic E-state index is 15.0. The number of morpholine rings is 1. The summed E-state index contributed by atoms with van der Waals surface area (Å²) in [5.41, 5.74) is 3.48. The van der Waals surface area contributed by atoms with Crippen LogP contribution in [0.4, 0.5) is 11.4 Å². The maximum Gasteiger partial charge on any atom is 0.360 e. The highest BCUT2D eigenvalue weighted by atomic mass is 31.2. The van der Waals surface area contributed by atoms with Gasteiger partial charge < -0.3 is 28.3 Å². The number of non-ortho nitro benzene ring substituents is 1. The van der Waals surface area contributed by atoms with E-state index >= 15 is 0 Å². The lowest BCUT2D eigenvalue weighted by Crippen LogP contribution is -2.42. The van der Waals surface area contributed by atoms with Crippen molar-refractivity contribution in [2.45, 2.75) is 40.2 Å². The van der Waals surface area contributed by atoms with Crippen LogP contribution >= 0.6 is 7.60 Å². The molecular formula is C40H49N4O8P. The highest BCUT2D eigenvalue weighted by Crippen LogP contribution is 2.67. The molecule has 0 N–H and O–H groups in total. The summed E-state index contributed by atoms with van der Waals surface area (Å²) < 4.78 is 39.0. The van der Waals surface area contributed by atoms with Crippen LogP contribution in [0.3, 0.4) is 0 Å². The third-order valence-electron chi connectivity index (χ3n) is 9.99. The molecule has 3 aromatic rings. The predicted molar refractivity (Wildman–Crippen MR) is 203 cm³/mol. The number of nitrogens with zero attached hydrogens (tertiary/aromatic N) is 4. The van der Waals surface area contributed by atoms with Gasteiger partial charge in [-0.3, -0.25) is 19.6 Å². The van der Waals surface area contributed by atoms with E-state index in [9.17, 15) is 19.5 Å². The molecule has 53 heavy (non-hydrogen) atoms. The van der Waals surface area contributed by atoms with Crippen LogP contribution < -0.4 is 4.90 Å². The second-order valence-corrected chi connectivity index (χ2v) is 16.4. The fraction of sp³-hybridized carbons (Fsp3) is 0.425. The van der Waals surface area contributed by atoms with Crippen molar-refractivity contribution in [3.63, 3.8) is 0 Å². The summed E-state index contributed by atoms with van der Waals surface area (Å²) >= 11 is 0. The number of ether oxygens (including phenoxy) is 2. The van der Waals surface area contributed by atoms with E-state index in [1.165, 1.54) is 12.1 Å². The normalized spacial score (nSPS) is 20.3. The number of nitro benzene ring substituents is 1. The third kappa shape index (κ3) is 9.08. The van der Waals surface area contributed by atoms with Gasteiger partial charge in [0, 0.05) is 67.4 Å². The molecule has 2 saturated heterocycles. The van der Waals surface area contributed by atoms with Gasteiger partial charge in [0.1, 0.15) is 6.61 Å². The zero-order valence-electron chi connectivity index (χ0n) is 30.9. The molecule has 6 rings (SSSR count). The van der Waals surface area contributed by atoms with Crippen LogP contribution in [0.25, 0.3) is 0 Å². The molecule has 13 heteroatoms. The zero-order chi connectivity index (χ0) is 37.6. The first-order valence-corrected chi connectivity index (χ1v) is 19.6.